The Morgan fingerprint density at radius 3 is 2.21 bits per heavy atom. The molecule has 0 heterocycles. The first-order valence-corrected chi connectivity index (χ1v) is 11.2. The molecule has 0 aliphatic rings. The predicted molar refractivity (Wildman–Crippen MR) is 94.8 cm³/mol. The summed E-state index contributed by atoms with van der Waals surface area (Å²) in [6, 6.07) is -0.801. The van der Waals surface area contributed by atoms with Crippen LogP contribution in [0.5, 0.6) is 0 Å². The number of carbonyl (C=O) groups excluding carboxylic acids is 3. The van der Waals surface area contributed by atoms with Crippen molar-refractivity contribution in [2.24, 2.45) is 5.73 Å². The topological polar surface area (TPSA) is 108 Å². The highest BCUT2D eigenvalue weighted by Crippen LogP contribution is 2.36. The van der Waals surface area contributed by atoms with Gasteiger partial charge in [0, 0.05) is 13.0 Å². The van der Waals surface area contributed by atoms with E-state index in [0.717, 1.165) is 0 Å². The van der Waals surface area contributed by atoms with Crippen molar-refractivity contribution in [1.29, 1.82) is 0 Å². The first-order valence-electron chi connectivity index (χ1n) is 8.29. The molecule has 0 aliphatic carbocycles. The molecule has 3 N–H and O–H groups in total. The first-order chi connectivity index (χ1) is 10.9. The molecule has 0 aromatic rings. The minimum atomic E-state index is -1.91. The van der Waals surface area contributed by atoms with Gasteiger partial charge < -0.3 is 20.2 Å². The molecular formula is C16H32N2O5Si. The van der Waals surface area contributed by atoms with Gasteiger partial charge in [-0.15, -0.1) is 0 Å². The van der Waals surface area contributed by atoms with Crippen molar-refractivity contribution in [1.82, 2.24) is 5.32 Å². The van der Waals surface area contributed by atoms with Crippen LogP contribution in [0.2, 0.25) is 18.1 Å². The summed E-state index contributed by atoms with van der Waals surface area (Å²) in [4.78, 5) is 34.6. The first kappa shape index (κ1) is 22.6. The van der Waals surface area contributed by atoms with Gasteiger partial charge in [-0.3, -0.25) is 14.4 Å². The Kier molecular flexibility index (Phi) is 9.20. The second-order valence-corrected chi connectivity index (χ2v) is 12.0. The molecule has 0 spiro atoms. The zero-order valence-electron chi connectivity index (χ0n) is 15.7. The van der Waals surface area contributed by atoms with Gasteiger partial charge in [-0.05, 0) is 31.5 Å². The molecule has 2 amide bonds. The van der Waals surface area contributed by atoms with Crippen LogP contribution in [0, 0.1) is 0 Å². The normalized spacial score (nSPS) is 13.2. The fourth-order valence-corrected chi connectivity index (χ4v) is 2.71. The van der Waals surface area contributed by atoms with Crippen LogP contribution in [-0.4, -0.2) is 45.4 Å². The SMILES string of the molecule is CCOC(=O)CCC(=O)N[C@@H](CCO[Si](C)(C)C(C)(C)C)C(N)=O. The predicted octanol–water partition coefficient (Wildman–Crippen LogP) is 1.71. The molecule has 0 saturated carbocycles. The van der Waals surface area contributed by atoms with Gasteiger partial charge in [0.25, 0.3) is 0 Å². The number of amides is 2. The summed E-state index contributed by atoms with van der Waals surface area (Å²) < 4.78 is 10.7. The molecule has 0 saturated heterocycles. The number of hydrogen-bond acceptors (Lipinski definition) is 5. The number of primary amides is 1. The van der Waals surface area contributed by atoms with Crippen LogP contribution in [0.25, 0.3) is 0 Å². The lowest BCUT2D eigenvalue weighted by Crippen LogP contribution is -2.47. The van der Waals surface area contributed by atoms with Crippen LogP contribution < -0.4 is 11.1 Å². The highest BCUT2D eigenvalue weighted by Gasteiger charge is 2.37. The number of rotatable bonds is 10. The Labute approximate surface area is 145 Å². The van der Waals surface area contributed by atoms with Crippen molar-refractivity contribution < 1.29 is 23.5 Å². The van der Waals surface area contributed by atoms with E-state index in [-0.39, 0.29) is 24.5 Å². The summed E-state index contributed by atoms with van der Waals surface area (Å²) in [6.45, 7) is 12.9. The average Bonchev–Trinajstić information content (AvgIpc) is 2.42. The lowest BCUT2D eigenvalue weighted by atomic mass is 10.2. The van der Waals surface area contributed by atoms with Gasteiger partial charge in [0.15, 0.2) is 8.32 Å². The van der Waals surface area contributed by atoms with Crippen molar-refractivity contribution in [3.63, 3.8) is 0 Å². The maximum absolute atomic E-state index is 11.8. The Bertz CT molecular complexity index is 446. The van der Waals surface area contributed by atoms with Crippen LogP contribution in [0.3, 0.4) is 0 Å². The van der Waals surface area contributed by atoms with E-state index in [9.17, 15) is 14.4 Å². The molecule has 7 nitrogen and oxygen atoms in total. The van der Waals surface area contributed by atoms with E-state index in [1.165, 1.54) is 0 Å². The van der Waals surface area contributed by atoms with E-state index < -0.39 is 32.1 Å². The maximum Gasteiger partial charge on any atom is 0.306 e. The maximum atomic E-state index is 11.8. The molecule has 24 heavy (non-hydrogen) atoms. The summed E-state index contributed by atoms with van der Waals surface area (Å²) in [5, 5.41) is 2.62. The lowest BCUT2D eigenvalue weighted by Gasteiger charge is -2.36. The molecule has 0 aliphatic heterocycles. The number of hydrogen-bond donors (Lipinski definition) is 2. The van der Waals surface area contributed by atoms with Crippen LogP contribution in [0.1, 0.15) is 47.0 Å². The largest absolute Gasteiger partial charge is 0.466 e. The van der Waals surface area contributed by atoms with Crippen LogP contribution >= 0.6 is 0 Å². The van der Waals surface area contributed by atoms with Crippen molar-refractivity contribution in [3.05, 3.63) is 0 Å². The monoisotopic (exact) mass is 360 g/mol. The summed E-state index contributed by atoms with van der Waals surface area (Å²) in [5.41, 5.74) is 5.33. The molecule has 140 valence electrons. The second kappa shape index (κ2) is 9.78. The van der Waals surface area contributed by atoms with E-state index in [0.29, 0.717) is 13.0 Å². The van der Waals surface area contributed by atoms with Gasteiger partial charge in [-0.1, -0.05) is 20.8 Å². The van der Waals surface area contributed by atoms with E-state index in [4.69, 9.17) is 14.9 Å². The minimum Gasteiger partial charge on any atom is -0.466 e. The summed E-state index contributed by atoms with van der Waals surface area (Å²) in [5.74, 6) is -1.46. The Morgan fingerprint density at radius 2 is 1.75 bits per heavy atom. The van der Waals surface area contributed by atoms with E-state index >= 15 is 0 Å². The van der Waals surface area contributed by atoms with E-state index in [2.05, 4.69) is 39.2 Å². The standard InChI is InChI=1S/C16H32N2O5Si/c1-7-22-14(20)9-8-13(19)18-12(15(17)21)10-11-23-24(5,6)16(2,3)4/h12H,7-11H2,1-6H3,(H2,17,21)(H,18,19)/t12-/m0/s1. The van der Waals surface area contributed by atoms with Gasteiger partial charge in [0.05, 0.1) is 13.0 Å². The smallest absolute Gasteiger partial charge is 0.306 e. The van der Waals surface area contributed by atoms with Gasteiger partial charge in [0.1, 0.15) is 6.04 Å². The second-order valence-electron chi connectivity index (χ2n) is 7.22. The number of ether oxygens (including phenoxy) is 1. The van der Waals surface area contributed by atoms with Crippen molar-refractivity contribution in [2.75, 3.05) is 13.2 Å². The summed E-state index contributed by atoms with van der Waals surface area (Å²) in [6.07, 6.45) is 0.254. The van der Waals surface area contributed by atoms with Crippen LogP contribution in [-0.2, 0) is 23.5 Å². The number of nitrogens with one attached hydrogen (secondary N) is 1. The zero-order valence-corrected chi connectivity index (χ0v) is 16.7. The third-order valence-corrected chi connectivity index (χ3v) is 8.75. The number of nitrogens with two attached hydrogens (primary N) is 1. The fraction of sp³-hybridized carbons (Fsp3) is 0.812. The van der Waals surface area contributed by atoms with E-state index in [1.54, 1.807) is 6.92 Å². The third-order valence-electron chi connectivity index (χ3n) is 4.22. The van der Waals surface area contributed by atoms with Gasteiger partial charge in [-0.2, -0.15) is 0 Å². The van der Waals surface area contributed by atoms with Crippen molar-refractivity contribution in [3.8, 4) is 0 Å². The molecule has 0 rings (SSSR count). The van der Waals surface area contributed by atoms with Crippen molar-refractivity contribution >= 4 is 26.1 Å². The highest BCUT2D eigenvalue weighted by molar-refractivity contribution is 6.74. The Morgan fingerprint density at radius 1 is 1.17 bits per heavy atom. The molecule has 8 heteroatoms. The van der Waals surface area contributed by atoms with Crippen molar-refractivity contribution in [2.45, 2.75) is 71.1 Å². The Hall–Kier alpha value is -1.41. The molecule has 0 aromatic heterocycles. The quantitative estimate of drug-likeness (QED) is 0.455. The molecular weight excluding hydrogens is 328 g/mol. The summed E-state index contributed by atoms with van der Waals surface area (Å²) >= 11 is 0. The van der Waals surface area contributed by atoms with Crippen LogP contribution in [0.4, 0.5) is 0 Å². The third kappa shape index (κ3) is 8.44. The molecule has 0 bridgehead atoms. The number of esters is 1. The zero-order chi connectivity index (χ0) is 19.0. The Balaban J connectivity index is 4.39. The fourth-order valence-electron chi connectivity index (χ4n) is 1.65. The minimum absolute atomic E-state index is 0.0222. The molecule has 0 fully saturated rings. The average molecular weight is 361 g/mol. The highest BCUT2D eigenvalue weighted by atomic mass is 28.4. The van der Waals surface area contributed by atoms with Gasteiger partial charge in [0.2, 0.25) is 11.8 Å². The van der Waals surface area contributed by atoms with Gasteiger partial charge in [-0.25, -0.2) is 0 Å². The summed E-state index contributed by atoms with van der Waals surface area (Å²) in [7, 11) is -1.91. The lowest BCUT2D eigenvalue weighted by molar-refractivity contribution is -0.144. The van der Waals surface area contributed by atoms with E-state index in [1.807, 2.05) is 0 Å². The molecule has 0 aromatic carbocycles. The molecule has 1 atom stereocenters. The molecule has 0 radical (unpaired) electrons. The van der Waals surface area contributed by atoms with Gasteiger partial charge >= 0.3 is 5.97 Å². The number of carbonyl (C=O) groups is 3. The molecule has 0 unspecified atom stereocenters. The van der Waals surface area contributed by atoms with Crippen LogP contribution in [0.15, 0.2) is 0 Å².